The van der Waals surface area contributed by atoms with Gasteiger partial charge in [0.2, 0.25) is 0 Å². The van der Waals surface area contributed by atoms with Gasteiger partial charge in [-0.1, -0.05) is 44.5 Å². The Labute approximate surface area is 69.3 Å². The average molecular weight is 156 g/mol. The average Bonchev–Trinajstić information content (AvgIpc) is 1.99. The van der Waals surface area contributed by atoms with E-state index in [4.69, 9.17) is 12.2 Å². The molecule has 0 radical (unpaired) electrons. The molecule has 0 amide bonds. The molecule has 0 heterocycles. The van der Waals surface area contributed by atoms with Crippen molar-refractivity contribution in [3.05, 3.63) is 12.7 Å². The summed E-state index contributed by atoms with van der Waals surface area (Å²) < 4.78 is 0. The molecule has 0 aromatic rings. The molecule has 1 atom stereocenters. The molecule has 0 fully saturated rings. The molecular weight excluding hydrogens is 140 g/mol. The van der Waals surface area contributed by atoms with Crippen molar-refractivity contribution in [1.29, 1.82) is 0 Å². The molecule has 0 rings (SSSR count). The van der Waals surface area contributed by atoms with Gasteiger partial charge in [-0.3, -0.25) is 0 Å². The van der Waals surface area contributed by atoms with Crippen LogP contribution in [-0.2, 0) is 0 Å². The summed E-state index contributed by atoms with van der Waals surface area (Å²) in [6, 6.07) is 0. The molecule has 0 aliphatic carbocycles. The third kappa shape index (κ3) is 4.68. The molecule has 1 unspecified atom stereocenters. The zero-order valence-corrected chi connectivity index (χ0v) is 7.49. The highest BCUT2D eigenvalue weighted by atomic mass is 32.1. The summed E-state index contributed by atoms with van der Waals surface area (Å²) in [5.74, 6) is 0.460. The Balaban J connectivity index is 3.25. The van der Waals surface area contributed by atoms with Crippen LogP contribution >= 0.6 is 12.2 Å². The van der Waals surface area contributed by atoms with Gasteiger partial charge in [-0.15, -0.1) is 6.58 Å². The molecule has 0 aromatic carbocycles. The van der Waals surface area contributed by atoms with Crippen LogP contribution in [0.1, 0.15) is 32.6 Å². The summed E-state index contributed by atoms with van der Waals surface area (Å²) >= 11 is 4.83. The molecule has 58 valence electrons. The van der Waals surface area contributed by atoms with E-state index in [9.17, 15) is 0 Å². The van der Waals surface area contributed by atoms with Gasteiger partial charge in [0.05, 0.1) is 0 Å². The van der Waals surface area contributed by atoms with Crippen LogP contribution in [0.4, 0.5) is 0 Å². The number of thiocarbonyl (C=S) groups is 1. The quantitative estimate of drug-likeness (QED) is 0.323. The van der Waals surface area contributed by atoms with E-state index in [1.54, 1.807) is 0 Å². The Morgan fingerprint density at radius 1 is 1.50 bits per heavy atom. The molecule has 0 nitrogen and oxygen atoms in total. The minimum atomic E-state index is 0.460. The highest BCUT2D eigenvalue weighted by Gasteiger charge is 1.96. The molecule has 0 aromatic heterocycles. The maximum atomic E-state index is 4.83. The second kappa shape index (κ2) is 6.94. The maximum Gasteiger partial charge on any atom is 0.00487 e. The number of unbranched alkanes of at least 4 members (excludes halogenated alkanes) is 2. The van der Waals surface area contributed by atoms with Gasteiger partial charge in [0.25, 0.3) is 0 Å². The van der Waals surface area contributed by atoms with Crippen molar-refractivity contribution in [1.82, 2.24) is 0 Å². The van der Waals surface area contributed by atoms with Crippen molar-refractivity contribution in [3.8, 4) is 0 Å². The van der Waals surface area contributed by atoms with Gasteiger partial charge in [-0.2, -0.15) is 0 Å². The first-order valence-electron chi connectivity index (χ1n) is 3.93. The minimum Gasteiger partial charge on any atom is -0.102 e. The van der Waals surface area contributed by atoms with Gasteiger partial charge in [0.15, 0.2) is 0 Å². The predicted molar refractivity (Wildman–Crippen MR) is 51.5 cm³/mol. The molecule has 0 spiro atoms. The van der Waals surface area contributed by atoms with Crippen LogP contribution in [-0.4, -0.2) is 5.37 Å². The second-order valence-electron chi connectivity index (χ2n) is 2.53. The van der Waals surface area contributed by atoms with E-state index in [0.717, 1.165) is 0 Å². The molecule has 0 aliphatic rings. The molecule has 0 saturated heterocycles. The van der Waals surface area contributed by atoms with Crippen LogP contribution in [0.2, 0.25) is 0 Å². The first-order chi connectivity index (χ1) is 4.85. The normalized spacial score (nSPS) is 12.5. The lowest BCUT2D eigenvalue weighted by atomic mass is 10.0. The lowest BCUT2D eigenvalue weighted by Gasteiger charge is -2.03. The van der Waals surface area contributed by atoms with Crippen molar-refractivity contribution in [2.75, 3.05) is 0 Å². The largest absolute Gasteiger partial charge is 0.102 e. The summed E-state index contributed by atoms with van der Waals surface area (Å²) in [5.41, 5.74) is 0. The predicted octanol–water partition coefficient (Wildman–Crippen LogP) is 3.37. The molecule has 0 aliphatic heterocycles. The van der Waals surface area contributed by atoms with Gasteiger partial charge in [0.1, 0.15) is 0 Å². The SMILES string of the molecule is C=CC(C=S)CCCCC. The van der Waals surface area contributed by atoms with Gasteiger partial charge in [0, 0.05) is 5.92 Å². The van der Waals surface area contributed by atoms with Crippen LogP contribution in [0.5, 0.6) is 0 Å². The van der Waals surface area contributed by atoms with Gasteiger partial charge in [-0.25, -0.2) is 0 Å². The standard InChI is InChI=1S/C9H16S/c1-3-5-6-7-9(4-2)8-10/h4,8-9H,2-3,5-7H2,1H3. The summed E-state index contributed by atoms with van der Waals surface area (Å²) in [6.07, 6.45) is 6.98. The van der Waals surface area contributed by atoms with Gasteiger partial charge in [-0.05, 0) is 11.8 Å². The number of rotatable bonds is 6. The topological polar surface area (TPSA) is 0 Å². The maximum absolute atomic E-state index is 4.83. The minimum absolute atomic E-state index is 0.460. The Hall–Kier alpha value is -0.170. The number of allylic oxidation sites excluding steroid dienone is 1. The Morgan fingerprint density at radius 3 is 2.60 bits per heavy atom. The van der Waals surface area contributed by atoms with Crippen LogP contribution in [0, 0.1) is 5.92 Å². The van der Waals surface area contributed by atoms with Crippen LogP contribution in [0.3, 0.4) is 0 Å². The van der Waals surface area contributed by atoms with Crippen molar-refractivity contribution < 1.29 is 0 Å². The van der Waals surface area contributed by atoms with Crippen molar-refractivity contribution in [2.24, 2.45) is 5.92 Å². The van der Waals surface area contributed by atoms with Crippen molar-refractivity contribution in [3.63, 3.8) is 0 Å². The van der Waals surface area contributed by atoms with E-state index in [-0.39, 0.29) is 0 Å². The van der Waals surface area contributed by atoms with Gasteiger partial charge >= 0.3 is 0 Å². The number of hydrogen-bond donors (Lipinski definition) is 0. The molecular formula is C9H16S. The number of hydrogen-bond acceptors (Lipinski definition) is 1. The highest BCUT2D eigenvalue weighted by molar-refractivity contribution is 7.79. The first-order valence-corrected chi connectivity index (χ1v) is 4.40. The molecule has 0 bridgehead atoms. The van der Waals surface area contributed by atoms with Crippen LogP contribution < -0.4 is 0 Å². The first kappa shape index (κ1) is 9.83. The molecule has 1 heteroatoms. The Bertz CT molecular complexity index is 88.9. The molecule has 10 heavy (non-hydrogen) atoms. The molecule has 0 saturated carbocycles. The Kier molecular flexibility index (Phi) is 6.83. The van der Waals surface area contributed by atoms with E-state index in [1.165, 1.54) is 25.7 Å². The van der Waals surface area contributed by atoms with E-state index in [0.29, 0.717) is 5.92 Å². The molecule has 0 N–H and O–H groups in total. The Morgan fingerprint density at radius 2 is 2.20 bits per heavy atom. The summed E-state index contributed by atoms with van der Waals surface area (Å²) in [6.45, 7) is 5.92. The van der Waals surface area contributed by atoms with E-state index in [2.05, 4.69) is 13.5 Å². The van der Waals surface area contributed by atoms with E-state index in [1.807, 2.05) is 11.4 Å². The lowest BCUT2D eigenvalue weighted by Crippen LogP contribution is -1.94. The summed E-state index contributed by atoms with van der Waals surface area (Å²) in [4.78, 5) is 0. The zero-order chi connectivity index (χ0) is 7.82. The fourth-order valence-electron chi connectivity index (χ4n) is 0.871. The fourth-order valence-corrected chi connectivity index (χ4v) is 1.12. The lowest BCUT2D eigenvalue weighted by molar-refractivity contribution is 0.637. The smallest absolute Gasteiger partial charge is 0.00487 e. The summed E-state index contributed by atoms with van der Waals surface area (Å²) in [7, 11) is 0. The van der Waals surface area contributed by atoms with E-state index >= 15 is 0 Å². The van der Waals surface area contributed by atoms with Gasteiger partial charge < -0.3 is 0 Å². The van der Waals surface area contributed by atoms with Crippen molar-refractivity contribution in [2.45, 2.75) is 32.6 Å². The van der Waals surface area contributed by atoms with E-state index < -0.39 is 0 Å². The highest BCUT2D eigenvalue weighted by Crippen LogP contribution is 2.08. The van der Waals surface area contributed by atoms with Crippen LogP contribution in [0.25, 0.3) is 0 Å². The fraction of sp³-hybridized carbons (Fsp3) is 0.667. The zero-order valence-electron chi connectivity index (χ0n) is 6.68. The van der Waals surface area contributed by atoms with Crippen molar-refractivity contribution >= 4 is 17.6 Å². The second-order valence-corrected chi connectivity index (χ2v) is 2.80. The third-order valence-corrected chi connectivity index (χ3v) is 1.97. The van der Waals surface area contributed by atoms with Crippen LogP contribution in [0.15, 0.2) is 12.7 Å². The third-order valence-electron chi connectivity index (χ3n) is 1.62. The monoisotopic (exact) mass is 156 g/mol. The summed E-state index contributed by atoms with van der Waals surface area (Å²) in [5, 5.41) is 1.81.